The molecule has 2 aromatic rings. The molecule has 0 saturated heterocycles. The molecule has 1 N–H and O–H groups in total. The van der Waals surface area contributed by atoms with Crippen molar-refractivity contribution >= 4 is 17.4 Å². The van der Waals surface area contributed by atoms with Crippen molar-refractivity contribution in [3.8, 4) is 0 Å². The van der Waals surface area contributed by atoms with E-state index in [0.29, 0.717) is 12.8 Å². The molecule has 0 aliphatic carbocycles. The van der Waals surface area contributed by atoms with Crippen molar-refractivity contribution in [3.63, 3.8) is 0 Å². The highest BCUT2D eigenvalue weighted by Gasteiger charge is 2.15. The molecular formula is C26H36N2O2. The first kappa shape index (κ1) is 25.2. The van der Waals surface area contributed by atoms with Crippen LogP contribution in [-0.2, 0) is 16.0 Å². The zero-order chi connectivity index (χ0) is 22.2. The molecule has 4 nitrogen and oxygen atoms in total. The molecule has 0 radical (unpaired) electrons. The Morgan fingerprint density at radius 1 is 0.867 bits per heavy atom. The quantitative estimate of drug-likeness (QED) is 0.641. The van der Waals surface area contributed by atoms with Gasteiger partial charge in [-0.05, 0) is 24.1 Å². The fraction of sp³-hybridized carbons (Fsp3) is 0.385. The molecule has 162 valence electrons. The molecule has 0 aromatic heterocycles. The van der Waals surface area contributed by atoms with Gasteiger partial charge in [-0.2, -0.15) is 0 Å². The summed E-state index contributed by atoms with van der Waals surface area (Å²) in [5.74, 6) is -0.0525. The molecule has 1 heterocycles. The summed E-state index contributed by atoms with van der Waals surface area (Å²) in [4.78, 5) is 26.4. The van der Waals surface area contributed by atoms with E-state index in [0.717, 1.165) is 30.6 Å². The van der Waals surface area contributed by atoms with Crippen molar-refractivity contribution in [1.29, 1.82) is 0 Å². The third-order valence-corrected chi connectivity index (χ3v) is 4.54. The lowest BCUT2D eigenvalue weighted by Crippen LogP contribution is -2.32. The van der Waals surface area contributed by atoms with Gasteiger partial charge in [0.2, 0.25) is 5.91 Å². The van der Waals surface area contributed by atoms with Crippen LogP contribution in [0.4, 0.5) is 5.69 Å². The predicted octanol–water partition coefficient (Wildman–Crippen LogP) is 5.19. The number of carbonyl (C=O) groups is 2. The molecule has 0 spiro atoms. The fourth-order valence-electron chi connectivity index (χ4n) is 3.10. The Morgan fingerprint density at radius 2 is 1.47 bits per heavy atom. The Kier molecular flexibility index (Phi) is 12.6. The lowest BCUT2D eigenvalue weighted by Gasteiger charge is -2.28. The van der Waals surface area contributed by atoms with Gasteiger partial charge in [0, 0.05) is 31.6 Å². The molecule has 30 heavy (non-hydrogen) atoms. The SMILES string of the molecule is CC.CC.O=C(CNC(=O)CC1=CCN(c2ccccc2)CC1)Cc1ccccc1. The van der Waals surface area contributed by atoms with Crippen LogP contribution in [0, 0.1) is 0 Å². The van der Waals surface area contributed by atoms with E-state index in [4.69, 9.17) is 0 Å². The van der Waals surface area contributed by atoms with E-state index >= 15 is 0 Å². The summed E-state index contributed by atoms with van der Waals surface area (Å²) in [6.07, 6.45) is 3.74. The van der Waals surface area contributed by atoms with Crippen LogP contribution in [-0.4, -0.2) is 31.3 Å². The largest absolute Gasteiger partial charge is 0.367 e. The number of rotatable bonds is 7. The first-order chi connectivity index (χ1) is 14.7. The number of nitrogens with zero attached hydrogens (tertiary/aromatic N) is 1. The molecule has 0 atom stereocenters. The molecule has 0 saturated carbocycles. The summed E-state index contributed by atoms with van der Waals surface area (Å²) in [6.45, 7) is 9.83. The third-order valence-electron chi connectivity index (χ3n) is 4.54. The van der Waals surface area contributed by atoms with Gasteiger partial charge in [-0.15, -0.1) is 0 Å². The second-order valence-electron chi connectivity index (χ2n) is 6.55. The van der Waals surface area contributed by atoms with Crippen LogP contribution in [0.1, 0.15) is 46.1 Å². The summed E-state index contributed by atoms with van der Waals surface area (Å²) >= 11 is 0. The van der Waals surface area contributed by atoms with Crippen molar-refractivity contribution < 1.29 is 9.59 Å². The van der Waals surface area contributed by atoms with Gasteiger partial charge in [0.25, 0.3) is 0 Å². The van der Waals surface area contributed by atoms with Crippen LogP contribution in [0.2, 0.25) is 0 Å². The number of carbonyl (C=O) groups excluding carboxylic acids is 2. The first-order valence-corrected chi connectivity index (χ1v) is 11.0. The molecule has 0 unspecified atom stereocenters. The van der Waals surface area contributed by atoms with Crippen LogP contribution in [0.25, 0.3) is 0 Å². The van der Waals surface area contributed by atoms with Gasteiger partial charge >= 0.3 is 0 Å². The molecule has 2 aromatic carbocycles. The lowest BCUT2D eigenvalue weighted by molar-refractivity contribution is -0.124. The van der Waals surface area contributed by atoms with Crippen LogP contribution in [0.3, 0.4) is 0 Å². The van der Waals surface area contributed by atoms with Gasteiger partial charge in [-0.3, -0.25) is 9.59 Å². The molecule has 1 aliphatic heterocycles. The summed E-state index contributed by atoms with van der Waals surface area (Å²) in [6, 6.07) is 19.9. The summed E-state index contributed by atoms with van der Waals surface area (Å²) in [7, 11) is 0. The van der Waals surface area contributed by atoms with Gasteiger partial charge in [0.05, 0.1) is 6.54 Å². The maximum absolute atomic E-state index is 12.1. The average molecular weight is 409 g/mol. The molecular weight excluding hydrogens is 372 g/mol. The highest BCUT2D eigenvalue weighted by Crippen LogP contribution is 2.20. The van der Waals surface area contributed by atoms with Crippen LogP contribution >= 0.6 is 0 Å². The normalized spacial score (nSPS) is 12.4. The average Bonchev–Trinajstić information content (AvgIpc) is 2.82. The van der Waals surface area contributed by atoms with Crippen molar-refractivity contribution in [2.75, 3.05) is 24.5 Å². The first-order valence-electron chi connectivity index (χ1n) is 11.0. The van der Waals surface area contributed by atoms with E-state index in [1.165, 1.54) is 5.69 Å². The fourth-order valence-corrected chi connectivity index (χ4v) is 3.10. The van der Waals surface area contributed by atoms with Crippen molar-refractivity contribution in [2.45, 2.75) is 47.0 Å². The van der Waals surface area contributed by atoms with Gasteiger partial charge in [0.15, 0.2) is 5.78 Å². The Morgan fingerprint density at radius 3 is 2.03 bits per heavy atom. The van der Waals surface area contributed by atoms with E-state index in [-0.39, 0.29) is 18.2 Å². The number of ketones is 1. The second-order valence-corrected chi connectivity index (χ2v) is 6.55. The molecule has 1 amide bonds. The Bertz CT molecular complexity index is 770. The lowest BCUT2D eigenvalue weighted by atomic mass is 10.0. The Balaban J connectivity index is 0.00000106. The van der Waals surface area contributed by atoms with E-state index in [9.17, 15) is 9.59 Å². The number of Topliss-reactive ketones (excluding diaryl/α,β-unsaturated/α-hetero) is 1. The van der Waals surface area contributed by atoms with Gasteiger partial charge in [0.1, 0.15) is 0 Å². The Hall–Kier alpha value is -2.88. The van der Waals surface area contributed by atoms with E-state index < -0.39 is 0 Å². The topological polar surface area (TPSA) is 49.4 Å². The highest BCUT2D eigenvalue weighted by molar-refractivity contribution is 5.88. The summed E-state index contributed by atoms with van der Waals surface area (Å²) in [5, 5.41) is 2.75. The van der Waals surface area contributed by atoms with E-state index in [1.54, 1.807) is 0 Å². The van der Waals surface area contributed by atoms with E-state index in [1.807, 2.05) is 76.2 Å². The van der Waals surface area contributed by atoms with Crippen molar-refractivity contribution in [2.24, 2.45) is 0 Å². The minimum atomic E-state index is -0.0779. The van der Waals surface area contributed by atoms with Gasteiger partial charge in [-0.25, -0.2) is 0 Å². The number of amides is 1. The maximum atomic E-state index is 12.1. The zero-order valence-electron chi connectivity index (χ0n) is 18.9. The third kappa shape index (κ3) is 9.08. The molecule has 3 rings (SSSR count). The molecule has 4 heteroatoms. The number of hydrogen-bond donors (Lipinski definition) is 1. The predicted molar refractivity (Wildman–Crippen MR) is 127 cm³/mol. The molecule has 1 aliphatic rings. The smallest absolute Gasteiger partial charge is 0.224 e. The van der Waals surface area contributed by atoms with Crippen molar-refractivity contribution in [3.05, 3.63) is 77.9 Å². The van der Waals surface area contributed by atoms with Gasteiger partial charge < -0.3 is 10.2 Å². The number of hydrogen-bond acceptors (Lipinski definition) is 3. The standard InChI is InChI=1S/C22H24N2O2.2C2H6/c25-21(15-18-7-3-1-4-8-18)17-23-22(26)16-19-11-13-24(14-12-19)20-9-5-2-6-10-20;2*1-2/h1-11H,12-17H2,(H,23,26);2*1-2H3. The monoisotopic (exact) mass is 408 g/mol. The summed E-state index contributed by atoms with van der Waals surface area (Å²) in [5.41, 5.74) is 3.33. The maximum Gasteiger partial charge on any atom is 0.224 e. The highest BCUT2D eigenvalue weighted by atomic mass is 16.2. The number of benzene rings is 2. The van der Waals surface area contributed by atoms with Gasteiger partial charge in [-0.1, -0.05) is 87.9 Å². The number of para-hydroxylation sites is 1. The van der Waals surface area contributed by atoms with Crippen LogP contribution < -0.4 is 10.2 Å². The number of nitrogens with one attached hydrogen (secondary N) is 1. The van der Waals surface area contributed by atoms with Crippen LogP contribution in [0.5, 0.6) is 0 Å². The summed E-state index contributed by atoms with van der Waals surface area (Å²) < 4.78 is 0. The minimum absolute atomic E-state index is 0.0254. The minimum Gasteiger partial charge on any atom is -0.367 e. The van der Waals surface area contributed by atoms with Crippen molar-refractivity contribution in [1.82, 2.24) is 5.32 Å². The Labute approximate surface area is 182 Å². The number of anilines is 1. The zero-order valence-corrected chi connectivity index (χ0v) is 18.9. The molecule has 0 bridgehead atoms. The molecule has 0 fully saturated rings. The van der Waals surface area contributed by atoms with E-state index in [2.05, 4.69) is 28.4 Å². The second kappa shape index (κ2) is 15.0. The van der Waals surface area contributed by atoms with Crippen LogP contribution in [0.15, 0.2) is 72.3 Å².